The quantitative estimate of drug-likeness (QED) is 0.713. The second kappa shape index (κ2) is 6.33. The molecule has 0 saturated carbocycles. The Bertz CT molecular complexity index is 855. The van der Waals surface area contributed by atoms with E-state index in [-0.39, 0.29) is 0 Å². The zero-order valence-electron chi connectivity index (χ0n) is 12.0. The van der Waals surface area contributed by atoms with Crippen LogP contribution >= 0.6 is 11.3 Å². The number of aryl methyl sites for hydroxylation is 1. The van der Waals surface area contributed by atoms with Gasteiger partial charge in [0.25, 0.3) is 0 Å². The topological polar surface area (TPSA) is 49.6 Å². The van der Waals surface area contributed by atoms with Gasteiger partial charge in [-0.25, -0.2) is 4.98 Å². The zero-order valence-corrected chi connectivity index (χ0v) is 12.8. The molecule has 4 heteroatoms. The molecule has 3 nitrogen and oxygen atoms in total. The summed E-state index contributed by atoms with van der Waals surface area (Å²) in [6, 6.07) is 12.3. The summed E-state index contributed by atoms with van der Waals surface area (Å²) in [7, 11) is 0. The lowest BCUT2D eigenvalue weighted by molar-refractivity contribution is 1.29. The molecule has 3 rings (SSSR count). The molecule has 0 atom stereocenters. The molecule has 0 amide bonds. The van der Waals surface area contributed by atoms with Crippen molar-refractivity contribution in [3.8, 4) is 16.6 Å². The smallest absolute Gasteiger partial charge is 0.124 e. The first-order chi connectivity index (χ1) is 10.8. The molecule has 0 aliphatic carbocycles. The van der Waals surface area contributed by atoms with Crippen LogP contribution in [0, 0.1) is 18.3 Å². The van der Waals surface area contributed by atoms with E-state index in [0.29, 0.717) is 5.56 Å². The van der Waals surface area contributed by atoms with Gasteiger partial charge in [-0.3, -0.25) is 4.98 Å². The third-order valence-corrected chi connectivity index (χ3v) is 4.14. The van der Waals surface area contributed by atoms with Crippen molar-refractivity contribution < 1.29 is 0 Å². The molecule has 0 bridgehead atoms. The monoisotopic (exact) mass is 303 g/mol. The minimum Gasteiger partial charge on any atom is -0.263 e. The van der Waals surface area contributed by atoms with E-state index in [1.54, 1.807) is 23.7 Å². The molecule has 0 spiro atoms. The fourth-order valence-electron chi connectivity index (χ4n) is 2.01. The molecule has 0 unspecified atom stereocenters. The lowest BCUT2D eigenvalue weighted by Crippen LogP contribution is -1.83. The van der Waals surface area contributed by atoms with Crippen LogP contribution in [0.5, 0.6) is 0 Å². The first-order valence-corrected chi connectivity index (χ1v) is 7.69. The van der Waals surface area contributed by atoms with Gasteiger partial charge in [-0.15, -0.1) is 11.3 Å². The van der Waals surface area contributed by atoms with Crippen LogP contribution in [0.3, 0.4) is 0 Å². The summed E-state index contributed by atoms with van der Waals surface area (Å²) in [5.41, 5.74) is 4.66. The average molecular weight is 303 g/mol. The minimum absolute atomic E-state index is 0.563. The lowest BCUT2D eigenvalue weighted by atomic mass is 10.1. The van der Waals surface area contributed by atoms with Crippen molar-refractivity contribution in [1.82, 2.24) is 9.97 Å². The number of hydrogen-bond acceptors (Lipinski definition) is 4. The Balaban J connectivity index is 1.84. The van der Waals surface area contributed by atoms with Crippen molar-refractivity contribution in [2.24, 2.45) is 0 Å². The third-order valence-electron chi connectivity index (χ3n) is 3.23. The highest BCUT2D eigenvalue weighted by Crippen LogP contribution is 2.25. The van der Waals surface area contributed by atoms with E-state index in [4.69, 9.17) is 5.26 Å². The van der Waals surface area contributed by atoms with E-state index in [0.717, 1.165) is 21.8 Å². The third kappa shape index (κ3) is 3.11. The molecule has 0 N–H and O–H groups in total. The van der Waals surface area contributed by atoms with E-state index in [1.165, 1.54) is 5.56 Å². The van der Waals surface area contributed by atoms with Gasteiger partial charge in [-0.2, -0.15) is 5.26 Å². The number of pyridine rings is 1. The summed E-state index contributed by atoms with van der Waals surface area (Å²) in [6.07, 6.45) is 7.07. The number of nitrogens with zero attached hydrogens (tertiary/aromatic N) is 3. The molecule has 1 aromatic carbocycles. The SMILES string of the molecule is Cc1ccc(-c2nc(/C=C/c3ccncc3C#N)cs2)cc1. The Morgan fingerprint density at radius 3 is 2.73 bits per heavy atom. The van der Waals surface area contributed by atoms with Crippen LogP contribution in [-0.2, 0) is 0 Å². The number of hydrogen-bond donors (Lipinski definition) is 0. The van der Waals surface area contributed by atoms with Crippen LogP contribution < -0.4 is 0 Å². The van der Waals surface area contributed by atoms with Crippen molar-refractivity contribution in [2.75, 3.05) is 0 Å². The number of benzene rings is 1. The normalized spacial score (nSPS) is 10.7. The van der Waals surface area contributed by atoms with Crippen molar-refractivity contribution in [3.63, 3.8) is 0 Å². The molecule has 2 heterocycles. The summed E-state index contributed by atoms with van der Waals surface area (Å²) >= 11 is 1.61. The standard InChI is InChI=1S/C18H13N3S/c1-13-2-4-15(5-3-13)18-21-17(12-22-18)7-6-14-8-9-20-11-16(14)10-19/h2-9,11-12H,1H3/b7-6+. The molecular weight excluding hydrogens is 290 g/mol. The fraction of sp³-hybridized carbons (Fsp3) is 0.0556. The highest BCUT2D eigenvalue weighted by molar-refractivity contribution is 7.13. The van der Waals surface area contributed by atoms with Crippen LogP contribution in [0.1, 0.15) is 22.4 Å². The van der Waals surface area contributed by atoms with Crippen LogP contribution in [-0.4, -0.2) is 9.97 Å². The van der Waals surface area contributed by atoms with Crippen LogP contribution in [0.25, 0.3) is 22.7 Å². The Kier molecular flexibility index (Phi) is 4.08. The molecule has 0 fully saturated rings. The van der Waals surface area contributed by atoms with E-state index >= 15 is 0 Å². The summed E-state index contributed by atoms with van der Waals surface area (Å²) in [4.78, 5) is 8.57. The van der Waals surface area contributed by atoms with Gasteiger partial charge in [-0.1, -0.05) is 35.9 Å². The Hall–Kier alpha value is -2.77. The van der Waals surface area contributed by atoms with Gasteiger partial charge in [-0.05, 0) is 24.6 Å². The number of nitriles is 1. The van der Waals surface area contributed by atoms with Gasteiger partial charge in [0.1, 0.15) is 11.1 Å². The Labute approximate surface area is 133 Å². The molecule has 22 heavy (non-hydrogen) atoms. The second-order valence-electron chi connectivity index (χ2n) is 4.85. The van der Waals surface area contributed by atoms with E-state index in [2.05, 4.69) is 47.2 Å². The maximum absolute atomic E-state index is 9.05. The predicted octanol–water partition coefficient (Wildman–Crippen LogP) is 4.56. The van der Waals surface area contributed by atoms with E-state index in [9.17, 15) is 0 Å². The first-order valence-electron chi connectivity index (χ1n) is 6.81. The average Bonchev–Trinajstić information content (AvgIpc) is 3.03. The zero-order chi connectivity index (χ0) is 15.4. The van der Waals surface area contributed by atoms with E-state index < -0.39 is 0 Å². The minimum atomic E-state index is 0.563. The van der Waals surface area contributed by atoms with E-state index in [1.807, 2.05) is 23.6 Å². The van der Waals surface area contributed by atoms with Gasteiger partial charge in [0.05, 0.1) is 11.3 Å². The predicted molar refractivity (Wildman–Crippen MR) is 90.2 cm³/mol. The van der Waals surface area contributed by atoms with Crippen molar-refractivity contribution in [1.29, 1.82) is 5.26 Å². The molecule has 0 saturated heterocycles. The maximum atomic E-state index is 9.05. The summed E-state index contributed by atoms with van der Waals surface area (Å²) in [5.74, 6) is 0. The molecule has 0 aliphatic heterocycles. The Morgan fingerprint density at radius 1 is 1.14 bits per heavy atom. The summed E-state index contributed by atoms with van der Waals surface area (Å²) in [5, 5.41) is 12.1. The number of rotatable bonds is 3. The second-order valence-corrected chi connectivity index (χ2v) is 5.71. The lowest BCUT2D eigenvalue weighted by Gasteiger charge is -1.96. The maximum Gasteiger partial charge on any atom is 0.124 e. The molecule has 0 aliphatic rings. The van der Waals surface area contributed by atoms with Crippen LogP contribution in [0.15, 0.2) is 48.1 Å². The van der Waals surface area contributed by atoms with Crippen LogP contribution in [0.4, 0.5) is 0 Å². The molecule has 3 aromatic rings. The van der Waals surface area contributed by atoms with Gasteiger partial charge < -0.3 is 0 Å². The molecule has 2 aromatic heterocycles. The van der Waals surface area contributed by atoms with Crippen molar-refractivity contribution in [3.05, 3.63) is 70.5 Å². The number of aromatic nitrogens is 2. The summed E-state index contributed by atoms with van der Waals surface area (Å²) in [6.45, 7) is 2.07. The van der Waals surface area contributed by atoms with Crippen LogP contribution in [0.2, 0.25) is 0 Å². The fourth-order valence-corrected chi connectivity index (χ4v) is 2.80. The highest BCUT2D eigenvalue weighted by atomic mass is 32.1. The van der Waals surface area contributed by atoms with Gasteiger partial charge in [0.15, 0.2) is 0 Å². The molecule has 106 valence electrons. The highest BCUT2D eigenvalue weighted by Gasteiger charge is 2.03. The van der Waals surface area contributed by atoms with Gasteiger partial charge in [0.2, 0.25) is 0 Å². The van der Waals surface area contributed by atoms with Gasteiger partial charge in [0, 0.05) is 23.3 Å². The largest absolute Gasteiger partial charge is 0.263 e. The molecular formula is C18H13N3S. The summed E-state index contributed by atoms with van der Waals surface area (Å²) < 4.78 is 0. The number of thiazole rings is 1. The van der Waals surface area contributed by atoms with Crippen molar-refractivity contribution >= 4 is 23.5 Å². The molecule has 0 radical (unpaired) electrons. The first kappa shape index (κ1) is 14.2. The Morgan fingerprint density at radius 2 is 1.95 bits per heavy atom. The van der Waals surface area contributed by atoms with Crippen molar-refractivity contribution in [2.45, 2.75) is 6.92 Å². The van der Waals surface area contributed by atoms with Gasteiger partial charge >= 0.3 is 0 Å².